The summed E-state index contributed by atoms with van der Waals surface area (Å²) in [5, 5.41) is 3.30. The summed E-state index contributed by atoms with van der Waals surface area (Å²) in [5.74, 6) is 0. The Labute approximate surface area is 89.2 Å². The molecule has 15 heavy (non-hydrogen) atoms. The third-order valence-corrected chi connectivity index (χ3v) is 2.26. The highest BCUT2D eigenvalue weighted by atomic mass is 14.9. The van der Waals surface area contributed by atoms with Crippen LogP contribution in [0.3, 0.4) is 0 Å². The van der Waals surface area contributed by atoms with Crippen LogP contribution in [0.15, 0.2) is 42.9 Å². The van der Waals surface area contributed by atoms with E-state index in [-0.39, 0.29) is 0 Å². The molecule has 0 aliphatic carbocycles. The van der Waals surface area contributed by atoms with Crippen LogP contribution >= 0.6 is 0 Å². The van der Waals surface area contributed by atoms with E-state index in [1.807, 2.05) is 24.4 Å². The van der Waals surface area contributed by atoms with Crippen molar-refractivity contribution >= 4 is 5.69 Å². The SMILES string of the molecule is Cc1cccnc1CNc1ccncc1. The second-order valence-corrected chi connectivity index (χ2v) is 3.36. The number of aryl methyl sites for hydroxylation is 1. The van der Waals surface area contributed by atoms with Gasteiger partial charge in [-0.25, -0.2) is 0 Å². The van der Waals surface area contributed by atoms with Crippen LogP contribution in [-0.2, 0) is 6.54 Å². The number of hydrogen-bond donors (Lipinski definition) is 1. The zero-order valence-corrected chi connectivity index (χ0v) is 8.64. The van der Waals surface area contributed by atoms with E-state index < -0.39 is 0 Å². The Hall–Kier alpha value is -1.90. The number of nitrogens with zero attached hydrogens (tertiary/aromatic N) is 2. The van der Waals surface area contributed by atoms with Gasteiger partial charge in [0.25, 0.3) is 0 Å². The number of rotatable bonds is 3. The van der Waals surface area contributed by atoms with Crippen LogP contribution in [-0.4, -0.2) is 9.97 Å². The zero-order chi connectivity index (χ0) is 10.5. The van der Waals surface area contributed by atoms with Crippen LogP contribution in [0.4, 0.5) is 5.69 Å². The Balaban J connectivity index is 2.03. The van der Waals surface area contributed by atoms with Crippen LogP contribution in [0.5, 0.6) is 0 Å². The standard InChI is InChI=1S/C12H13N3/c1-10-3-2-6-14-12(10)9-15-11-4-7-13-8-5-11/h2-8H,9H2,1H3,(H,13,15). The van der Waals surface area contributed by atoms with Gasteiger partial charge in [0.2, 0.25) is 0 Å². The first-order valence-corrected chi connectivity index (χ1v) is 4.90. The highest BCUT2D eigenvalue weighted by Gasteiger charge is 1.97. The van der Waals surface area contributed by atoms with Gasteiger partial charge in [0.1, 0.15) is 0 Å². The number of aromatic nitrogens is 2. The molecule has 0 saturated heterocycles. The highest BCUT2D eigenvalue weighted by Crippen LogP contribution is 2.08. The molecule has 0 radical (unpaired) electrons. The number of nitrogens with one attached hydrogen (secondary N) is 1. The largest absolute Gasteiger partial charge is 0.379 e. The predicted octanol–water partition coefficient (Wildman–Crippen LogP) is 2.40. The van der Waals surface area contributed by atoms with Gasteiger partial charge in [-0.05, 0) is 30.7 Å². The van der Waals surface area contributed by atoms with E-state index in [9.17, 15) is 0 Å². The number of hydrogen-bond acceptors (Lipinski definition) is 3. The van der Waals surface area contributed by atoms with Gasteiger partial charge in [0.05, 0.1) is 12.2 Å². The molecular weight excluding hydrogens is 186 g/mol. The maximum absolute atomic E-state index is 4.32. The highest BCUT2D eigenvalue weighted by molar-refractivity contribution is 5.41. The lowest BCUT2D eigenvalue weighted by molar-refractivity contribution is 1.02. The Kier molecular flexibility index (Phi) is 2.93. The van der Waals surface area contributed by atoms with Gasteiger partial charge in [-0.3, -0.25) is 9.97 Å². The maximum Gasteiger partial charge on any atom is 0.0623 e. The van der Waals surface area contributed by atoms with E-state index in [1.165, 1.54) is 5.56 Å². The first-order chi connectivity index (χ1) is 7.36. The van der Waals surface area contributed by atoms with Gasteiger partial charge in [-0.1, -0.05) is 6.07 Å². The molecule has 0 bridgehead atoms. The summed E-state index contributed by atoms with van der Waals surface area (Å²) in [6, 6.07) is 7.90. The van der Waals surface area contributed by atoms with Crippen molar-refractivity contribution in [2.45, 2.75) is 13.5 Å². The molecule has 0 spiro atoms. The molecule has 2 aromatic rings. The fourth-order valence-corrected chi connectivity index (χ4v) is 1.36. The molecule has 0 atom stereocenters. The molecule has 2 aromatic heterocycles. The summed E-state index contributed by atoms with van der Waals surface area (Å²) in [4.78, 5) is 8.28. The summed E-state index contributed by atoms with van der Waals surface area (Å²) >= 11 is 0. The summed E-state index contributed by atoms with van der Waals surface area (Å²) in [5.41, 5.74) is 3.35. The monoisotopic (exact) mass is 199 g/mol. The lowest BCUT2D eigenvalue weighted by Gasteiger charge is -2.07. The van der Waals surface area contributed by atoms with E-state index in [1.54, 1.807) is 12.4 Å². The van der Waals surface area contributed by atoms with Crippen molar-refractivity contribution in [2.75, 3.05) is 5.32 Å². The van der Waals surface area contributed by atoms with Gasteiger partial charge in [-0.2, -0.15) is 0 Å². The molecule has 2 heterocycles. The fourth-order valence-electron chi connectivity index (χ4n) is 1.36. The molecule has 0 amide bonds. The molecule has 0 aliphatic heterocycles. The predicted molar refractivity (Wildman–Crippen MR) is 60.5 cm³/mol. The van der Waals surface area contributed by atoms with Gasteiger partial charge >= 0.3 is 0 Å². The van der Waals surface area contributed by atoms with Crippen molar-refractivity contribution in [2.24, 2.45) is 0 Å². The quantitative estimate of drug-likeness (QED) is 0.824. The Morgan fingerprint density at radius 3 is 2.67 bits per heavy atom. The zero-order valence-electron chi connectivity index (χ0n) is 8.64. The van der Waals surface area contributed by atoms with E-state index in [2.05, 4.69) is 28.3 Å². The van der Waals surface area contributed by atoms with E-state index >= 15 is 0 Å². The maximum atomic E-state index is 4.32. The molecule has 3 nitrogen and oxygen atoms in total. The van der Waals surface area contributed by atoms with Crippen molar-refractivity contribution in [1.82, 2.24) is 9.97 Å². The average Bonchev–Trinajstić information content (AvgIpc) is 2.29. The second kappa shape index (κ2) is 4.55. The van der Waals surface area contributed by atoms with Gasteiger partial charge in [0, 0.05) is 24.3 Å². The lowest BCUT2D eigenvalue weighted by atomic mass is 10.2. The van der Waals surface area contributed by atoms with Gasteiger partial charge in [0.15, 0.2) is 0 Å². The van der Waals surface area contributed by atoms with Gasteiger partial charge < -0.3 is 5.32 Å². The smallest absolute Gasteiger partial charge is 0.0623 e. The third-order valence-electron chi connectivity index (χ3n) is 2.26. The van der Waals surface area contributed by atoms with Crippen molar-refractivity contribution in [3.8, 4) is 0 Å². The minimum atomic E-state index is 0.747. The van der Waals surface area contributed by atoms with Crippen molar-refractivity contribution < 1.29 is 0 Å². The van der Waals surface area contributed by atoms with E-state index in [0.717, 1.165) is 17.9 Å². The Bertz CT molecular complexity index is 426. The fraction of sp³-hybridized carbons (Fsp3) is 0.167. The first kappa shape index (κ1) is 9.65. The third kappa shape index (κ3) is 2.53. The van der Waals surface area contributed by atoms with Crippen LogP contribution in [0, 0.1) is 6.92 Å². The van der Waals surface area contributed by atoms with Crippen LogP contribution in [0.25, 0.3) is 0 Å². The summed E-state index contributed by atoms with van der Waals surface area (Å²) in [6.07, 6.45) is 5.36. The van der Waals surface area contributed by atoms with Crippen molar-refractivity contribution in [1.29, 1.82) is 0 Å². The summed E-state index contributed by atoms with van der Waals surface area (Å²) < 4.78 is 0. The first-order valence-electron chi connectivity index (χ1n) is 4.90. The molecule has 0 aliphatic rings. The molecular formula is C12H13N3. The molecule has 0 aromatic carbocycles. The van der Waals surface area contributed by atoms with E-state index in [0.29, 0.717) is 0 Å². The summed E-state index contributed by atoms with van der Waals surface area (Å²) in [7, 11) is 0. The molecule has 76 valence electrons. The minimum absolute atomic E-state index is 0.747. The average molecular weight is 199 g/mol. The molecule has 2 rings (SSSR count). The van der Waals surface area contributed by atoms with E-state index in [4.69, 9.17) is 0 Å². The molecule has 0 unspecified atom stereocenters. The molecule has 3 heteroatoms. The van der Waals surface area contributed by atoms with Crippen LogP contribution < -0.4 is 5.32 Å². The molecule has 1 N–H and O–H groups in total. The number of anilines is 1. The van der Waals surface area contributed by atoms with Crippen molar-refractivity contribution in [3.05, 3.63) is 54.1 Å². The lowest BCUT2D eigenvalue weighted by Crippen LogP contribution is -2.03. The van der Waals surface area contributed by atoms with Crippen molar-refractivity contribution in [3.63, 3.8) is 0 Å². The molecule has 0 saturated carbocycles. The Morgan fingerprint density at radius 1 is 1.13 bits per heavy atom. The molecule has 0 fully saturated rings. The minimum Gasteiger partial charge on any atom is -0.379 e. The Morgan fingerprint density at radius 2 is 1.93 bits per heavy atom. The topological polar surface area (TPSA) is 37.8 Å². The second-order valence-electron chi connectivity index (χ2n) is 3.36. The van der Waals surface area contributed by atoms with Crippen LogP contribution in [0.2, 0.25) is 0 Å². The number of pyridine rings is 2. The van der Waals surface area contributed by atoms with Gasteiger partial charge in [-0.15, -0.1) is 0 Å². The normalized spacial score (nSPS) is 9.93. The summed E-state index contributed by atoms with van der Waals surface area (Å²) in [6.45, 7) is 2.81. The van der Waals surface area contributed by atoms with Crippen LogP contribution in [0.1, 0.15) is 11.3 Å².